The lowest BCUT2D eigenvalue weighted by Crippen LogP contribution is -2.45. The first kappa shape index (κ1) is 11.9. The van der Waals surface area contributed by atoms with Gasteiger partial charge in [-0.15, -0.1) is 0 Å². The zero-order valence-corrected chi connectivity index (χ0v) is 9.78. The van der Waals surface area contributed by atoms with E-state index >= 15 is 0 Å². The first-order valence-electron chi connectivity index (χ1n) is 5.93. The van der Waals surface area contributed by atoms with E-state index in [1.165, 1.54) is 6.42 Å². The first-order chi connectivity index (χ1) is 8.31. The quantitative estimate of drug-likeness (QED) is 0.541. The number of amides is 1. The van der Waals surface area contributed by atoms with Crippen molar-refractivity contribution in [3.63, 3.8) is 0 Å². The minimum Gasteiger partial charge on any atom is -0.323 e. The second-order valence-electron chi connectivity index (χ2n) is 4.18. The molecule has 0 spiro atoms. The number of nitrogens with two attached hydrogens (primary N) is 1. The molecule has 1 aromatic carbocycles. The second-order valence-corrected chi connectivity index (χ2v) is 4.18. The molecule has 1 saturated heterocycles. The van der Waals surface area contributed by atoms with Gasteiger partial charge in [-0.2, -0.15) is 0 Å². The SMILES string of the molecule is NNc1ccccc1C(=O)NN1CCCCC1. The fraction of sp³-hybridized carbons (Fsp3) is 0.417. The van der Waals surface area contributed by atoms with Crippen molar-refractivity contribution in [1.82, 2.24) is 10.4 Å². The zero-order chi connectivity index (χ0) is 12.1. The van der Waals surface area contributed by atoms with Gasteiger partial charge in [-0.1, -0.05) is 18.6 Å². The van der Waals surface area contributed by atoms with Gasteiger partial charge >= 0.3 is 0 Å². The lowest BCUT2D eigenvalue weighted by molar-refractivity contribution is 0.0751. The molecule has 0 bridgehead atoms. The molecule has 1 heterocycles. The third-order valence-electron chi connectivity index (χ3n) is 2.94. The van der Waals surface area contributed by atoms with Crippen LogP contribution >= 0.6 is 0 Å². The molecule has 92 valence electrons. The molecule has 2 rings (SSSR count). The molecule has 5 heteroatoms. The summed E-state index contributed by atoms with van der Waals surface area (Å²) in [7, 11) is 0. The summed E-state index contributed by atoms with van der Waals surface area (Å²) in [5, 5.41) is 1.97. The Bertz CT molecular complexity index is 388. The van der Waals surface area contributed by atoms with Gasteiger partial charge in [0.05, 0.1) is 11.3 Å². The molecule has 1 fully saturated rings. The number of anilines is 1. The van der Waals surface area contributed by atoms with E-state index < -0.39 is 0 Å². The van der Waals surface area contributed by atoms with Gasteiger partial charge in [-0.3, -0.25) is 16.1 Å². The average molecular weight is 234 g/mol. The number of hydrogen-bond acceptors (Lipinski definition) is 4. The molecule has 1 aromatic rings. The van der Waals surface area contributed by atoms with Crippen molar-refractivity contribution in [2.75, 3.05) is 18.5 Å². The van der Waals surface area contributed by atoms with Crippen LogP contribution in [-0.2, 0) is 0 Å². The molecule has 0 radical (unpaired) electrons. The molecule has 0 aliphatic carbocycles. The summed E-state index contributed by atoms with van der Waals surface area (Å²) in [6, 6.07) is 7.21. The van der Waals surface area contributed by atoms with E-state index in [1.54, 1.807) is 12.1 Å². The number of piperidine rings is 1. The number of benzene rings is 1. The van der Waals surface area contributed by atoms with E-state index in [4.69, 9.17) is 5.84 Å². The highest BCUT2D eigenvalue weighted by Gasteiger charge is 2.15. The Morgan fingerprint density at radius 2 is 1.88 bits per heavy atom. The van der Waals surface area contributed by atoms with Gasteiger partial charge in [-0.25, -0.2) is 5.01 Å². The summed E-state index contributed by atoms with van der Waals surface area (Å²) in [5.74, 6) is 5.27. The molecule has 0 unspecified atom stereocenters. The number of carbonyl (C=O) groups is 1. The van der Waals surface area contributed by atoms with Crippen LogP contribution in [0.1, 0.15) is 29.6 Å². The van der Waals surface area contributed by atoms with Crippen LogP contribution in [0.25, 0.3) is 0 Å². The maximum Gasteiger partial charge on any atom is 0.267 e. The minimum atomic E-state index is -0.111. The number of nitrogens with zero attached hydrogens (tertiary/aromatic N) is 1. The van der Waals surface area contributed by atoms with Crippen molar-refractivity contribution < 1.29 is 4.79 Å². The standard InChI is InChI=1S/C12H18N4O/c13-14-11-7-3-2-6-10(11)12(17)15-16-8-4-1-5-9-16/h2-3,6-7,14H,1,4-5,8-9,13H2,(H,15,17). The van der Waals surface area contributed by atoms with Crippen LogP contribution in [0, 0.1) is 0 Å². The number of para-hydroxylation sites is 1. The van der Waals surface area contributed by atoms with Crippen molar-refractivity contribution in [2.45, 2.75) is 19.3 Å². The molecule has 1 aliphatic heterocycles. The van der Waals surface area contributed by atoms with Crippen LogP contribution in [0.5, 0.6) is 0 Å². The van der Waals surface area contributed by atoms with Gasteiger partial charge in [0.1, 0.15) is 0 Å². The van der Waals surface area contributed by atoms with E-state index in [9.17, 15) is 4.79 Å². The molecule has 5 nitrogen and oxygen atoms in total. The van der Waals surface area contributed by atoms with E-state index in [-0.39, 0.29) is 5.91 Å². The third kappa shape index (κ3) is 2.95. The number of hydrazine groups is 2. The third-order valence-corrected chi connectivity index (χ3v) is 2.94. The summed E-state index contributed by atoms with van der Waals surface area (Å²) in [6.45, 7) is 1.84. The van der Waals surface area contributed by atoms with Crippen LogP contribution in [0.4, 0.5) is 5.69 Å². The highest BCUT2D eigenvalue weighted by atomic mass is 16.2. The second kappa shape index (κ2) is 5.65. The molecule has 1 amide bonds. The summed E-state index contributed by atoms with van der Waals surface area (Å²) < 4.78 is 0. The van der Waals surface area contributed by atoms with E-state index in [0.29, 0.717) is 11.3 Å². The monoisotopic (exact) mass is 234 g/mol. The van der Waals surface area contributed by atoms with Crippen LogP contribution in [0.2, 0.25) is 0 Å². The molecule has 0 saturated carbocycles. The fourth-order valence-electron chi connectivity index (χ4n) is 2.02. The summed E-state index contributed by atoms with van der Waals surface area (Å²) in [4.78, 5) is 12.0. The van der Waals surface area contributed by atoms with Gasteiger partial charge in [-0.05, 0) is 25.0 Å². The van der Waals surface area contributed by atoms with E-state index in [2.05, 4.69) is 10.9 Å². The summed E-state index contributed by atoms with van der Waals surface area (Å²) in [6.07, 6.45) is 3.52. The normalized spacial score (nSPS) is 16.5. The van der Waals surface area contributed by atoms with Gasteiger partial charge < -0.3 is 5.43 Å². The molecular weight excluding hydrogens is 216 g/mol. The summed E-state index contributed by atoms with van der Waals surface area (Å²) in [5.41, 5.74) is 6.65. The van der Waals surface area contributed by atoms with E-state index in [0.717, 1.165) is 25.9 Å². The Morgan fingerprint density at radius 3 is 2.59 bits per heavy atom. The van der Waals surface area contributed by atoms with Crippen LogP contribution < -0.4 is 16.7 Å². The predicted octanol–water partition coefficient (Wildman–Crippen LogP) is 1.10. The number of nitrogens with one attached hydrogen (secondary N) is 2. The Kier molecular flexibility index (Phi) is 3.95. The number of hydrogen-bond donors (Lipinski definition) is 3. The lowest BCUT2D eigenvalue weighted by Gasteiger charge is -2.27. The summed E-state index contributed by atoms with van der Waals surface area (Å²) >= 11 is 0. The average Bonchev–Trinajstić information content (AvgIpc) is 2.40. The molecule has 17 heavy (non-hydrogen) atoms. The number of nitrogen functional groups attached to an aromatic ring is 1. The highest BCUT2D eigenvalue weighted by Crippen LogP contribution is 2.14. The van der Waals surface area contributed by atoms with Gasteiger partial charge in [0, 0.05) is 13.1 Å². The Morgan fingerprint density at radius 1 is 1.18 bits per heavy atom. The Labute approximate surface area is 101 Å². The van der Waals surface area contributed by atoms with Crippen LogP contribution in [0.15, 0.2) is 24.3 Å². The van der Waals surface area contributed by atoms with Gasteiger partial charge in [0.2, 0.25) is 0 Å². The fourth-order valence-corrected chi connectivity index (χ4v) is 2.02. The van der Waals surface area contributed by atoms with Gasteiger partial charge in [0.25, 0.3) is 5.91 Å². The van der Waals surface area contributed by atoms with Crippen molar-refractivity contribution in [1.29, 1.82) is 0 Å². The van der Waals surface area contributed by atoms with Gasteiger partial charge in [0.15, 0.2) is 0 Å². The molecule has 0 aromatic heterocycles. The number of carbonyl (C=O) groups excluding carboxylic acids is 1. The number of rotatable bonds is 3. The zero-order valence-electron chi connectivity index (χ0n) is 9.78. The van der Waals surface area contributed by atoms with E-state index in [1.807, 2.05) is 17.1 Å². The Balaban J connectivity index is 2.03. The van der Waals surface area contributed by atoms with Crippen molar-refractivity contribution in [2.24, 2.45) is 5.84 Å². The first-order valence-corrected chi connectivity index (χ1v) is 5.93. The minimum absolute atomic E-state index is 0.111. The molecule has 0 atom stereocenters. The Hall–Kier alpha value is -1.59. The predicted molar refractivity (Wildman–Crippen MR) is 67.1 cm³/mol. The smallest absolute Gasteiger partial charge is 0.267 e. The maximum atomic E-state index is 12.0. The molecular formula is C12H18N4O. The maximum absolute atomic E-state index is 12.0. The molecule has 4 N–H and O–H groups in total. The highest BCUT2D eigenvalue weighted by molar-refractivity contribution is 5.99. The topological polar surface area (TPSA) is 70.4 Å². The van der Waals surface area contributed by atoms with Crippen molar-refractivity contribution >= 4 is 11.6 Å². The van der Waals surface area contributed by atoms with Crippen LogP contribution in [-0.4, -0.2) is 24.0 Å². The van der Waals surface area contributed by atoms with Crippen LogP contribution in [0.3, 0.4) is 0 Å². The van der Waals surface area contributed by atoms with Crippen molar-refractivity contribution in [3.8, 4) is 0 Å². The lowest BCUT2D eigenvalue weighted by atomic mass is 10.1. The molecule has 1 aliphatic rings. The largest absolute Gasteiger partial charge is 0.323 e. The van der Waals surface area contributed by atoms with Crippen molar-refractivity contribution in [3.05, 3.63) is 29.8 Å².